The molecule has 16 heavy (non-hydrogen) atoms. The molecule has 1 aromatic rings. The highest BCUT2D eigenvalue weighted by molar-refractivity contribution is 7.88. The van der Waals surface area contributed by atoms with E-state index in [0.29, 0.717) is 6.54 Å². The summed E-state index contributed by atoms with van der Waals surface area (Å²) in [6.45, 7) is 2.99. The van der Waals surface area contributed by atoms with E-state index in [1.54, 1.807) is 6.92 Å². The van der Waals surface area contributed by atoms with Gasteiger partial charge in [0.15, 0.2) is 0 Å². The standard InChI is InChI=1S/C11H18N2O2S/c1-3-13-16(14,15)9-11-6-4-10(5-7-11)8-12-2/h4-7,12-13H,3,8-9H2,1-2H3. The Labute approximate surface area is 97.1 Å². The number of rotatable bonds is 6. The fraction of sp³-hybridized carbons (Fsp3) is 0.455. The number of benzene rings is 1. The van der Waals surface area contributed by atoms with Crippen LogP contribution in [-0.2, 0) is 22.3 Å². The highest BCUT2D eigenvalue weighted by Gasteiger charge is 2.09. The summed E-state index contributed by atoms with van der Waals surface area (Å²) in [4.78, 5) is 0. The smallest absolute Gasteiger partial charge is 0.215 e. The molecule has 2 N–H and O–H groups in total. The molecule has 0 aliphatic heterocycles. The van der Waals surface area contributed by atoms with E-state index in [1.807, 2.05) is 31.3 Å². The van der Waals surface area contributed by atoms with Gasteiger partial charge in [-0.15, -0.1) is 0 Å². The fourth-order valence-electron chi connectivity index (χ4n) is 1.45. The fourth-order valence-corrected chi connectivity index (χ4v) is 2.62. The summed E-state index contributed by atoms with van der Waals surface area (Å²) in [6, 6.07) is 7.57. The zero-order chi connectivity index (χ0) is 12.0. The zero-order valence-electron chi connectivity index (χ0n) is 9.66. The third-order valence-electron chi connectivity index (χ3n) is 2.12. The van der Waals surface area contributed by atoms with Gasteiger partial charge in [-0.2, -0.15) is 0 Å². The summed E-state index contributed by atoms with van der Waals surface area (Å²) >= 11 is 0. The second-order valence-electron chi connectivity index (χ2n) is 3.60. The maximum absolute atomic E-state index is 11.5. The van der Waals surface area contributed by atoms with Crippen LogP contribution in [0.2, 0.25) is 0 Å². The second-order valence-corrected chi connectivity index (χ2v) is 5.41. The predicted octanol–water partition coefficient (Wildman–Crippen LogP) is 0.845. The van der Waals surface area contributed by atoms with E-state index in [4.69, 9.17) is 0 Å². The summed E-state index contributed by atoms with van der Waals surface area (Å²) < 4.78 is 25.4. The molecular weight excluding hydrogens is 224 g/mol. The van der Waals surface area contributed by atoms with E-state index in [-0.39, 0.29) is 5.75 Å². The molecule has 0 unspecified atom stereocenters. The highest BCUT2D eigenvalue weighted by Crippen LogP contribution is 2.07. The van der Waals surface area contributed by atoms with E-state index in [1.165, 1.54) is 0 Å². The predicted molar refractivity (Wildman–Crippen MR) is 65.5 cm³/mol. The van der Waals surface area contributed by atoms with Crippen molar-refractivity contribution in [1.82, 2.24) is 10.0 Å². The minimum atomic E-state index is -3.18. The maximum atomic E-state index is 11.5. The van der Waals surface area contributed by atoms with Crippen LogP contribution in [0, 0.1) is 0 Å². The van der Waals surface area contributed by atoms with Crippen LogP contribution in [-0.4, -0.2) is 22.0 Å². The molecule has 0 aliphatic rings. The van der Waals surface area contributed by atoms with Crippen LogP contribution >= 0.6 is 0 Å². The Morgan fingerprint density at radius 2 is 1.69 bits per heavy atom. The first kappa shape index (κ1) is 13.2. The Bertz CT molecular complexity index is 412. The van der Waals surface area contributed by atoms with E-state index in [9.17, 15) is 8.42 Å². The molecule has 0 spiro atoms. The van der Waals surface area contributed by atoms with Crippen LogP contribution in [0.5, 0.6) is 0 Å². The number of nitrogens with one attached hydrogen (secondary N) is 2. The van der Waals surface area contributed by atoms with Gasteiger partial charge in [-0.3, -0.25) is 0 Å². The van der Waals surface area contributed by atoms with E-state index >= 15 is 0 Å². The van der Waals surface area contributed by atoms with Crippen molar-refractivity contribution in [3.63, 3.8) is 0 Å². The third-order valence-corrected chi connectivity index (χ3v) is 3.57. The van der Waals surface area contributed by atoms with Gasteiger partial charge in [0.25, 0.3) is 0 Å². The monoisotopic (exact) mass is 242 g/mol. The normalized spacial score (nSPS) is 11.6. The zero-order valence-corrected chi connectivity index (χ0v) is 10.5. The Kier molecular flexibility index (Phi) is 4.92. The largest absolute Gasteiger partial charge is 0.316 e. The van der Waals surface area contributed by atoms with Crippen LogP contribution in [0.4, 0.5) is 0 Å². The molecule has 0 saturated carbocycles. The third kappa shape index (κ3) is 4.30. The Morgan fingerprint density at radius 1 is 1.12 bits per heavy atom. The Morgan fingerprint density at radius 3 is 2.19 bits per heavy atom. The van der Waals surface area contributed by atoms with Crippen molar-refractivity contribution in [2.45, 2.75) is 19.2 Å². The molecule has 1 rings (SSSR count). The quantitative estimate of drug-likeness (QED) is 0.777. The molecule has 0 radical (unpaired) electrons. The lowest BCUT2D eigenvalue weighted by Gasteiger charge is -2.05. The van der Waals surface area contributed by atoms with Crippen molar-refractivity contribution >= 4 is 10.0 Å². The van der Waals surface area contributed by atoms with Crippen molar-refractivity contribution < 1.29 is 8.42 Å². The average Bonchev–Trinajstić information content (AvgIpc) is 2.21. The van der Waals surface area contributed by atoms with Gasteiger partial charge in [0.05, 0.1) is 5.75 Å². The first-order chi connectivity index (χ1) is 7.57. The number of sulfonamides is 1. The first-order valence-corrected chi connectivity index (χ1v) is 6.92. The number of hydrogen-bond donors (Lipinski definition) is 2. The first-order valence-electron chi connectivity index (χ1n) is 5.27. The van der Waals surface area contributed by atoms with Gasteiger partial charge in [0.1, 0.15) is 0 Å². The van der Waals surface area contributed by atoms with Crippen molar-refractivity contribution in [3.05, 3.63) is 35.4 Å². The molecular formula is C11H18N2O2S. The minimum absolute atomic E-state index is 0.0423. The lowest BCUT2D eigenvalue weighted by atomic mass is 10.1. The second kappa shape index (κ2) is 5.98. The summed E-state index contributed by atoms with van der Waals surface area (Å²) in [5.41, 5.74) is 1.95. The van der Waals surface area contributed by atoms with Crippen LogP contribution in [0.25, 0.3) is 0 Å². The molecule has 0 atom stereocenters. The van der Waals surface area contributed by atoms with E-state index in [0.717, 1.165) is 17.7 Å². The lowest BCUT2D eigenvalue weighted by molar-refractivity contribution is 0.583. The molecule has 0 heterocycles. The van der Waals surface area contributed by atoms with Crippen molar-refractivity contribution in [2.75, 3.05) is 13.6 Å². The van der Waals surface area contributed by atoms with Crippen molar-refractivity contribution in [1.29, 1.82) is 0 Å². The minimum Gasteiger partial charge on any atom is -0.316 e. The van der Waals surface area contributed by atoms with Crippen molar-refractivity contribution in [2.24, 2.45) is 0 Å². The van der Waals surface area contributed by atoms with Gasteiger partial charge in [-0.05, 0) is 18.2 Å². The summed E-state index contributed by atoms with van der Waals surface area (Å²) in [5, 5.41) is 3.04. The average molecular weight is 242 g/mol. The molecule has 0 aromatic heterocycles. The van der Waals surface area contributed by atoms with Gasteiger partial charge in [-0.1, -0.05) is 31.2 Å². The van der Waals surface area contributed by atoms with Gasteiger partial charge in [0.2, 0.25) is 10.0 Å². The molecule has 4 nitrogen and oxygen atoms in total. The Hall–Kier alpha value is -0.910. The van der Waals surface area contributed by atoms with Crippen LogP contribution in [0.1, 0.15) is 18.1 Å². The van der Waals surface area contributed by atoms with Gasteiger partial charge in [-0.25, -0.2) is 13.1 Å². The molecule has 0 fully saturated rings. The lowest BCUT2D eigenvalue weighted by Crippen LogP contribution is -2.24. The summed E-state index contributed by atoms with van der Waals surface area (Å²) in [5.74, 6) is 0.0423. The summed E-state index contributed by atoms with van der Waals surface area (Å²) in [7, 11) is -1.30. The summed E-state index contributed by atoms with van der Waals surface area (Å²) in [6.07, 6.45) is 0. The van der Waals surface area contributed by atoms with Gasteiger partial charge >= 0.3 is 0 Å². The molecule has 5 heteroatoms. The van der Waals surface area contributed by atoms with Crippen LogP contribution < -0.4 is 10.0 Å². The van der Waals surface area contributed by atoms with Crippen LogP contribution in [0.15, 0.2) is 24.3 Å². The molecule has 90 valence electrons. The molecule has 1 aromatic carbocycles. The maximum Gasteiger partial charge on any atom is 0.215 e. The molecule has 0 saturated heterocycles. The van der Waals surface area contributed by atoms with E-state index in [2.05, 4.69) is 10.0 Å². The van der Waals surface area contributed by atoms with Crippen molar-refractivity contribution in [3.8, 4) is 0 Å². The van der Waals surface area contributed by atoms with E-state index < -0.39 is 10.0 Å². The SMILES string of the molecule is CCNS(=O)(=O)Cc1ccc(CNC)cc1. The van der Waals surface area contributed by atoms with Crippen LogP contribution in [0.3, 0.4) is 0 Å². The van der Waals surface area contributed by atoms with Gasteiger partial charge in [0, 0.05) is 13.1 Å². The number of hydrogen-bond acceptors (Lipinski definition) is 3. The Balaban J connectivity index is 2.68. The molecule has 0 amide bonds. The highest BCUT2D eigenvalue weighted by atomic mass is 32.2. The molecule has 0 bridgehead atoms. The topological polar surface area (TPSA) is 58.2 Å². The van der Waals surface area contributed by atoms with Gasteiger partial charge < -0.3 is 5.32 Å². The molecule has 0 aliphatic carbocycles.